The third-order valence-corrected chi connectivity index (χ3v) is 5.99. The van der Waals surface area contributed by atoms with E-state index in [0.29, 0.717) is 5.56 Å². The number of esters is 1. The number of ether oxygens (including phenoxy) is 1. The molecule has 4 nitrogen and oxygen atoms in total. The monoisotopic (exact) mass is 416 g/mol. The second-order valence-electron chi connectivity index (χ2n) is 7.12. The van der Waals surface area contributed by atoms with E-state index >= 15 is 0 Å². The highest BCUT2D eigenvalue weighted by Crippen LogP contribution is 2.27. The Kier molecular flexibility index (Phi) is 6.19. The summed E-state index contributed by atoms with van der Waals surface area (Å²) >= 11 is 1.56. The molecule has 0 aliphatic rings. The third-order valence-electron chi connectivity index (χ3n) is 5.05. The molecule has 0 spiro atoms. The van der Waals surface area contributed by atoms with Crippen LogP contribution in [0.2, 0.25) is 0 Å². The van der Waals surface area contributed by atoms with Crippen LogP contribution < -0.4 is 0 Å². The van der Waals surface area contributed by atoms with E-state index in [4.69, 9.17) is 9.72 Å². The Morgan fingerprint density at radius 3 is 2.53 bits per heavy atom. The van der Waals surface area contributed by atoms with Crippen molar-refractivity contribution in [3.8, 4) is 10.6 Å². The second kappa shape index (κ2) is 9.18. The summed E-state index contributed by atoms with van der Waals surface area (Å²) in [5, 5.41) is 3.72. The van der Waals surface area contributed by atoms with Crippen LogP contribution in [0.15, 0.2) is 60.0 Å². The molecule has 0 saturated carbocycles. The van der Waals surface area contributed by atoms with Crippen molar-refractivity contribution < 1.29 is 9.53 Å². The molecule has 30 heavy (non-hydrogen) atoms. The number of benzene rings is 2. The quantitative estimate of drug-likeness (QED) is 0.335. The van der Waals surface area contributed by atoms with E-state index in [2.05, 4.69) is 18.8 Å². The topological polar surface area (TPSA) is 52.1 Å². The molecular weight excluding hydrogens is 392 g/mol. The lowest BCUT2D eigenvalue weighted by Gasteiger charge is -2.15. The van der Waals surface area contributed by atoms with Gasteiger partial charge in [-0.2, -0.15) is 0 Å². The Labute approximate surface area is 180 Å². The van der Waals surface area contributed by atoms with Gasteiger partial charge in [-0.3, -0.25) is 4.98 Å². The smallest absolute Gasteiger partial charge is 0.339 e. The predicted molar refractivity (Wildman–Crippen MR) is 122 cm³/mol. The molecule has 4 rings (SSSR count). The largest absolute Gasteiger partial charge is 0.456 e. The van der Waals surface area contributed by atoms with Gasteiger partial charge in [0.1, 0.15) is 11.6 Å². The lowest BCUT2D eigenvalue weighted by Crippen LogP contribution is -2.13. The Bertz CT molecular complexity index is 1170. The van der Waals surface area contributed by atoms with E-state index in [1.807, 2.05) is 60.0 Å². The number of carbonyl (C=O) groups excluding carboxylic acids is 1. The Hall–Kier alpha value is -3.05. The first-order valence-corrected chi connectivity index (χ1v) is 11.2. The normalized spacial score (nSPS) is 11.0. The fourth-order valence-electron chi connectivity index (χ4n) is 3.66. The number of rotatable bonds is 7. The first kappa shape index (κ1) is 20.2. The van der Waals surface area contributed by atoms with Crippen LogP contribution >= 0.6 is 11.3 Å². The van der Waals surface area contributed by atoms with E-state index in [1.54, 1.807) is 11.3 Å². The summed E-state index contributed by atoms with van der Waals surface area (Å²) in [7, 11) is 0. The van der Waals surface area contributed by atoms with Crippen molar-refractivity contribution in [2.45, 2.75) is 39.7 Å². The van der Waals surface area contributed by atoms with Crippen molar-refractivity contribution in [2.75, 3.05) is 0 Å². The molecule has 0 bridgehead atoms. The van der Waals surface area contributed by atoms with Crippen molar-refractivity contribution in [3.63, 3.8) is 0 Å². The van der Waals surface area contributed by atoms with Crippen LogP contribution in [0.5, 0.6) is 0 Å². The van der Waals surface area contributed by atoms with Crippen LogP contribution in [0.25, 0.3) is 21.5 Å². The molecule has 2 aromatic heterocycles. The van der Waals surface area contributed by atoms with Gasteiger partial charge >= 0.3 is 5.97 Å². The molecule has 2 heterocycles. The molecule has 0 fully saturated rings. The molecule has 152 valence electrons. The summed E-state index contributed by atoms with van der Waals surface area (Å²) in [4.78, 5) is 22.6. The number of hydrogen-bond donors (Lipinski definition) is 0. The highest BCUT2D eigenvalue weighted by atomic mass is 32.1. The first-order chi connectivity index (χ1) is 14.7. The zero-order valence-corrected chi connectivity index (χ0v) is 18.0. The fourth-order valence-corrected chi connectivity index (χ4v) is 4.47. The fraction of sp³-hybridized carbons (Fsp3) is 0.240. The van der Waals surface area contributed by atoms with Gasteiger partial charge in [0.05, 0.1) is 16.8 Å². The molecule has 5 heteroatoms. The molecule has 0 unspecified atom stereocenters. The van der Waals surface area contributed by atoms with Crippen LogP contribution in [0, 0.1) is 0 Å². The first-order valence-electron chi connectivity index (χ1n) is 10.3. The number of thiazole rings is 1. The lowest BCUT2D eigenvalue weighted by atomic mass is 9.96. The minimum absolute atomic E-state index is 0.158. The molecular formula is C25H24N2O2S. The lowest BCUT2D eigenvalue weighted by molar-refractivity contribution is 0.0469. The van der Waals surface area contributed by atoms with E-state index in [-0.39, 0.29) is 12.6 Å². The van der Waals surface area contributed by atoms with E-state index < -0.39 is 0 Å². The highest BCUT2D eigenvalue weighted by Gasteiger charge is 2.21. The Morgan fingerprint density at radius 2 is 1.77 bits per heavy atom. The number of aromatic nitrogens is 2. The minimum Gasteiger partial charge on any atom is -0.456 e. The average molecular weight is 417 g/mol. The maximum atomic E-state index is 13.2. The van der Waals surface area contributed by atoms with Gasteiger partial charge in [-0.25, -0.2) is 9.78 Å². The van der Waals surface area contributed by atoms with Crippen molar-refractivity contribution in [2.24, 2.45) is 0 Å². The summed E-state index contributed by atoms with van der Waals surface area (Å²) in [6, 6.07) is 17.8. The van der Waals surface area contributed by atoms with Gasteiger partial charge in [-0.1, -0.05) is 68.8 Å². The number of fused-ring (bicyclic) bond motifs is 1. The number of nitrogens with zero attached hydrogens (tertiary/aromatic N) is 2. The third kappa shape index (κ3) is 4.12. The van der Waals surface area contributed by atoms with Crippen LogP contribution in [-0.4, -0.2) is 15.9 Å². The van der Waals surface area contributed by atoms with Crippen molar-refractivity contribution in [1.29, 1.82) is 0 Å². The van der Waals surface area contributed by atoms with Crippen LogP contribution in [0.4, 0.5) is 0 Å². The number of aryl methyl sites for hydroxylation is 1. The SMILES string of the molecule is CCCc1nc2ccccc2c(C(=O)OCc2csc(-c3ccccc3)n2)c1CC. The van der Waals surface area contributed by atoms with E-state index in [1.165, 1.54) is 0 Å². The average Bonchev–Trinajstić information content (AvgIpc) is 3.26. The Morgan fingerprint density at radius 1 is 1.00 bits per heavy atom. The van der Waals surface area contributed by atoms with E-state index in [9.17, 15) is 4.79 Å². The number of para-hydroxylation sites is 1. The van der Waals surface area contributed by atoms with Crippen LogP contribution in [0.1, 0.15) is 47.6 Å². The van der Waals surface area contributed by atoms with Gasteiger partial charge in [0.2, 0.25) is 0 Å². The standard InChI is InChI=1S/C25H24N2O2S/c1-3-10-21-19(4-2)23(20-13-8-9-14-22(20)27-21)25(28)29-15-18-16-30-24(26-18)17-11-6-5-7-12-17/h5-9,11-14,16H,3-4,10,15H2,1-2H3. The number of hydrogen-bond acceptors (Lipinski definition) is 5. The summed E-state index contributed by atoms with van der Waals surface area (Å²) in [5.41, 5.74) is 5.29. The van der Waals surface area contributed by atoms with Gasteiger partial charge in [-0.05, 0) is 24.5 Å². The number of carbonyl (C=O) groups is 1. The molecule has 0 N–H and O–H groups in total. The van der Waals surface area contributed by atoms with Crippen LogP contribution in [-0.2, 0) is 24.2 Å². The summed E-state index contributed by atoms with van der Waals surface area (Å²) < 4.78 is 5.72. The molecule has 0 amide bonds. The molecule has 0 atom stereocenters. The van der Waals surface area contributed by atoms with Crippen molar-refractivity contribution >= 4 is 28.2 Å². The van der Waals surface area contributed by atoms with Crippen molar-refractivity contribution in [1.82, 2.24) is 9.97 Å². The minimum atomic E-state index is -0.308. The molecule has 2 aromatic carbocycles. The molecule has 0 radical (unpaired) electrons. The van der Waals surface area contributed by atoms with Gasteiger partial charge in [0.15, 0.2) is 0 Å². The number of pyridine rings is 1. The Balaban J connectivity index is 1.61. The predicted octanol–water partition coefficient (Wildman–Crippen LogP) is 6.23. The zero-order chi connectivity index (χ0) is 20.9. The van der Waals surface area contributed by atoms with Crippen LogP contribution in [0.3, 0.4) is 0 Å². The highest BCUT2D eigenvalue weighted by molar-refractivity contribution is 7.13. The summed E-state index contributed by atoms with van der Waals surface area (Å²) in [6.07, 6.45) is 2.57. The molecule has 0 aliphatic carbocycles. The zero-order valence-electron chi connectivity index (χ0n) is 17.2. The van der Waals surface area contributed by atoms with Gasteiger partial charge in [0.25, 0.3) is 0 Å². The van der Waals surface area contributed by atoms with Crippen molar-refractivity contribution in [3.05, 3.63) is 82.5 Å². The van der Waals surface area contributed by atoms with Gasteiger partial charge in [-0.15, -0.1) is 11.3 Å². The second-order valence-corrected chi connectivity index (χ2v) is 7.98. The molecule has 0 aliphatic heterocycles. The van der Waals surface area contributed by atoms with E-state index in [0.717, 1.165) is 57.7 Å². The maximum Gasteiger partial charge on any atom is 0.339 e. The summed E-state index contributed by atoms with van der Waals surface area (Å²) in [5.74, 6) is -0.308. The van der Waals surface area contributed by atoms with Gasteiger partial charge in [0, 0.05) is 22.0 Å². The molecule has 0 saturated heterocycles. The molecule has 4 aromatic rings. The summed E-state index contributed by atoms with van der Waals surface area (Å²) in [6.45, 7) is 4.35. The maximum absolute atomic E-state index is 13.2. The van der Waals surface area contributed by atoms with Gasteiger partial charge < -0.3 is 4.74 Å².